The molecule has 1 aromatic rings. The molecule has 0 N–H and O–H groups in total. The van der Waals surface area contributed by atoms with E-state index in [1.165, 1.54) is 25.3 Å². The molecule has 0 aliphatic carbocycles. The van der Waals surface area contributed by atoms with Gasteiger partial charge in [-0.3, -0.25) is 4.79 Å². The van der Waals surface area contributed by atoms with Crippen LogP contribution in [0, 0.1) is 0 Å². The molecule has 122 valence electrons. The largest absolute Gasteiger partial charge is 0.468 e. The fraction of sp³-hybridized carbons (Fsp3) is 0.462. The summed E-state index contributed by atoms with van der Waals surface area (Å²) < 4.78 is 54.2. The summed E-state index contributed by atoms with van der Waals surface area (Å²) in [4.78, 5) is 11.5. The molecule has 0 spiro atoms. The molecule has 2 rings (SSSR count). The van der Waals surface area contributed by atoms with Crippen molar-refractivity contribution in [2.24, 2.45) is 0 Å². The molecule has 1 aromatic carbocycles. The summed E-state index contributed by atoms with van der Waals surface area (Å²) in [5, 5.41) is 0. The van der Waals surface area contributed by atoms with E-state index in [4.69, 9.17) is 0 Å². The van der Waals surface area contributed by atoms with E-state index in [1.807, 2.05) is 0 Å². The number of sulfonamides is 1. The standard InChI is InChI=1S/C13H17NO6S2/c1-20-13(15)12-7-4-8-14(12)22(18,19)11-6-3-5-10(9-11)21(2,16)17/h3,5-6,9,12H,4,7-8H2,1-2H3. The summed E-state index contributed by atoms with van der Waals surface area (Å²) in [6.45, 7) is 0.200. The van der Waals surface area contributed by atoms with Gasteiger partial charge in [-0.05, 0) is 31.0 Å². The zero-order valence-corrected chi connectivity index (χ0v) is 13.9. The third kappa shape index (κ3) is 3.16. The number of methoxy groups -OCH3 is 1. The highest BCUT2D eigenvalue weighted by Crippen LogP contribution is 2.27. The van der Waals surface area contributed by atoms with Gasteiger partial charge in [-0.25, -0.2) is 16.8 Å². The Morgan fingerprint density at radius 2 is 1.86 bits per heavy atom. The Labute approximate surface area is 129 Å². The van der Waals surface area contributed by atoms with Gasteiger partial charge >= 0.3 is 5.97 Å². The lowest BCUT2D eigenvalue weighted by Gasteiger charge is -2.22. The van der Waals surface area contributed by atoms with E-state index in [-0.39, 0.29) is 16.3 Å². The maximum Gasteiger partial charge on any atom is 0.324 e. The lowest BCUT2D eigenvalue weighted by Crippen LogP contribution is -2.41. The lowest BCUT2D eigenvalue weighted by molar-refractivity contribution is -0.144. The molecule has 1 saturated heterocycles. The summed E-state index contributed by atoms with van der Waals surface area (Å²) >= 11 is 0. The van der Waals surface area contributed by atoms with Crippen molar-refractivity contribution in [3.05, 3.63) is 24.3 Å². The number of esters is 1. The number of hydrogen-bond donors (Lipinski definition) is 0. The van der Waals surface area contributed by atoms with Crippen LogP contribution in [0.3, 0.4) is 0 Å². The van der Waals surface area contributed by atoms with Crippen LogP contribution in [0.5, 0.6) is 0 Å². The minimum absolute atomic E-state index is 0.0811. The molecule has 1 fully saturated rings. The zero-order chi connectivity index (χ0) is 16.5. The van der Waals surface area contributed by atoms with E-state index in [1.54, 1.807) is 0 Å². The van der Waals surface area contributed by atoms with Crippen LogP contribution in [0.15, 0.2) is 34.1 Å². The third-order valence-corrected chi connectivity index (χ3v) is 6.53. The van der Waals surface area contributed by atoms with Crippen molar-refractivity contribution in [1.29, 1.82) is 0 Å². The van der Waals surface area contributed by atoms with Crippen molar-refractivity contribution < 1.29 is 26.4 Å². The van der Waals surface area contributed by atoms with Crippen LogP contribution in [0.2, 0.25) is 0 Å². The molecule has 0 bridgehead atoms. The number of hydrogen-bond acceptors (Lipinski definition) is 6. The van der Waals surface area contributed by atoms with Crippen LogP contribution in [0.4, 0.5) is 0 Å². The van der Waals surface area contributed by atoms with E-state index in [0.717, 1.165) is 16.6 Å². The number of rotatable bonds is 4. The van der Waals surface area contributed by atoms with Crippen molar-refractivity contribution in [1.82, 2.24) is 4.31 Å². The first-order chi connectivity index (χ1) is 10.2. The number of carbonyl (C=O) groups is 1. The molecule has 0 aromatic heterocycles. The van der Waals surface area contributed by atoms with E-state index < -0.39 is 31.9 Å². The number of benzene rings is 1. The van der Waals surface area contributed by atoms with E-state index in [9.17, 15) is 21.6 Å². The lowest BCUT2D eigenvalue weighted by atomic mass is 10.2. The average Bonchev–Trinajstić information content (AvgIpc) is 2.96. The van der Waals surface area contributed by atoms with Crippen molar-refractivity contribution in [3.63, 3.8) is 0 Å². The second-order valence-electron chi connectivity index (χ2n) is 5.04. The quantitative estimate of drug-likeness (QED) is 0.732. The zero-order valence-electron chi connectivity index (χ0n) is 12.2. The Bertz CT molecular complexity index is 785. The molecule has 0 radical (unpaired) electrons. The van der Waals surface area contributed by atoms with Crippen LogP contribution in [-0.4, -0.2) is 53.1 Å². The summed E-state index contributed by atoms with van der Waals surface area (Å²) in [5.74, 6) is -0.611. The van der Waals surface area contributed by atoms with Gasteiger partial charge in [0.2, 0.25) is 10.0 Å². The van der Waals surface area contributed by atoms with Crippen molar-refractivity contribution >= 4 is 25.8 Å². The Morgan fingerprint density at radius 1 is 1.23 bits per heavy atom. The second-order valence-corrected chi connectivity index (χ2v) is 8.95. The molecule has 22 heavy (non-hydrogen) atoms. The fourth-order valence-electron chi connectivity index (χ4n) is 2.40. The summed E-state index contributed by atoms with van der Waals surface area (Å²) in [6, 6.07) is 4.26. The molecule has 0 saturated carbocycles. The first-order valence-electron chi connectivity index (χ1n) is 6.57. The van der Waals surface area contributed by atoms with Gasteiger partial charge in [-0.1, -0.05) is 6.07 Å². The Hall–Kier alpha value is -1.45. The fourth-order valence-corrected chi connectivity index (χ4v) is 4.83. The molecule has 0 amide bonds. The minimum atomic E-state index is -3.96. The van der Waals surface area contributed by atoms with Crippen LogP contribution in [-0.2, 0) is 29.4 Å². The van der Waals surface area contributed by atoms with Gasteiger partial charge < -0.3 is 4.74 Å². The Morgan fingerprint density at radius 3 is 2.45 bits per heavy atom. The van der Waals surface area contributed by atoms with Gasteiger partial charge in [0, 0.05) is 12.8 Å². The maximum absolute atomic E-state index is 12.7. The van der Waals surface area contributed by atoms with Crippen molar-refractivity contribution in [3.8, 4) is 0 Å². The van der Waals surface area contributed by atoms with E-state index in [2.05, 4.69) is 4.74 Å². The highest BCUT2D eigenvalue weighted by molar-refractivity contribution is 7.91. The van der Waals surface area contributed by atoms with Crippen LogP contribution >= 0.6 is 0 Å². The second kappa shape index (κ2) is 5.98. The smallest absolute Gasteiger partial charge is 0.324 e. The molecule has 1 heterocycles. The summed E-state index contributed by atoms with van der Waals surface area (Å²) in [5.41, 5.74) is 0. The third-order valence-electron chi connectivity index (χ3n) is 3.52. The first kappa shape index (κ1) is 16.9. The minimum Gasteiger partial charge on any atom is -0.468 e. The number of sulfone groups is 1. The monoisotopic (exact) mass is 347 g/mol. The number of carbonyl (C=O) groups excluding carboxylic acids is 1. The average molecular weight is 347 g/mol. The molecule has 1 atom stereocenters. The number of ether oxygens (including phenoxy) is 1. The predicted octanol–water partition coefficient (Wildman–Crippen LogP) is 0.416. The molecular weight excluding hydrogens is 330 g/mol. The topological polar surface area (TPSA) is 97.8 Å². The predicted molar refractivity (Wildman–Crippen MR) is 78.5 cm³/mol. The Kier molecular flexibility index (Phi) is 4.59. The summed E-state index contributed by atoms with van der Waals surface area (Å²) in [6.07, 6.45) is 1.94. The van der Waals surface area contributed by atoms with Gasteiger partial charge in [0.25, 0.3) is 0 Å². The van der Waals surface area contributed by atoms with E-state index in [0.29, 0.717) is 12.8 Å². The van der Waals surface area contributed by atoms with Gasteiger partial charge in [-0.2, -0.15) is 4.31 Å². The molecular formula is C13H17NO6S2. The molecule has 7 nitrogen and oxygen atoms in total. The van der Waals surface area contributed by atoms with Crippen LogP contribution in [0.1, 0.15) is 12.8 Å². The van der Waals surface area contributed by atoms with Gasteiger partial charge in [0.1, 0.15) is 6.04 Å². The normalized spacial score (nSPS) is 20.0. The Balaban J connectivity index is 2.45. The van der Waals surface area contributed by atoms with Crippen LogP contribution < -0.4 is 0 Å². The molecule has 1 aliphatic rings. The SMILES string of the molecule is COC(=O)C1CCCN1S(=O)(=O)c1cccc(S(C)(=O)=O)c1. The van der Waals surface area contributed by atoms with Gasteiger partial charge in [0.15, 0.2) is 9.84 Å². The highest BCUT2D eigenvalue weighted by atomic mass is 32.2. The number of nitrogens with zero attached hydrogens (tertiary/aromatic N) is 1. The maximum atomic E-state index is 12.7. The van der Waals surface area contributed by atoms with Crippen LogP contribution in [0.25, 0.3) is 0 Å². The highest BCUT2D eigenvalue weighted by Gasteiger charge is 2.40. The van der Waals surface area contributed by atoms with Crippen molar-refractivity contribution in [2.45, 2.75) is 28.7 Å². The van der Waals surface area contributed by atoms with Gasteiger partial charge in [-0.15, -0.1) is 0 Å². The molecule has 1 unspecified atom stereocenters. The molecule has 9 heteroatoms. The van der Waals surface area contributed by atoms with E-state index >= 15 is 0 Å². The summed E-state index contributed by atoms with van der Waals surface area (Å²) in [7, 11) is -6.27. The molecule has 1 aliphatic heterocycles. The van der Waals surface area contributed by atoms with Gasteiger partial charge in [0.05, 0.1) is 16.9 Å². The first-order valence-corrected chi connectivity index (χ1v) is 9.91. The van der Waals surface area contributed by atoms with Crippen molar-refractivity contribution in [2.75, 3.05) is 19.9 Å².